The lowest BCUT2D eigenvalue weighted by Gasteiger charge is -1.81. The maximum Gasteiger partial charge on any atom is 0.300 e. The zero-order valence-electron chi connectivity index (χ0n) is 11.0. The lowest BCUT2D eigenvalue weighted by atomic mass is 10.8. The lowest BCUT2D eigenvalue weighted by molar-refractivity contribution is -0.135. The second kappa shape index (κ2) is 15.8. The molecule has 0 aromatic carbocycles. The molecule has 20 heavy (non-hydrogen) atoms. The van der Waals surface area contributed by atoms with E-state index in [0.717, 1.165) is 13.8 Å². The van der Waals surface area contributed by atoms with Gasteiger partial charge in [0.2, 0.25) is 11.9 Å². The average molecular weight is 290 g/mol. The lowest BCUT2D eigenvalue weighted by Crippen LogP contribution is -2.22. The monoisotopic (exact) mass is 290 g/mol. The molecule has 0 saturated heterocycles. The molecule has 0 saturated carbocycles. The fourth-order valence-electron chi connectivity index (χ4n) is 0.260. The van der Waals surface area contributed by atoms with Gasteiger partial charge in [-0.15, -0.1) is 10.2 Å². The van der Waals surface area contributed by atoms with E-state index in [2.05, 4.69) is 20.4 Å². The zero-order chi connectivity index (χ0) is 16.6. The summed E-state index contributed by atoms with van der Waals surface area (Å²) in [6, 6.07) is 0. The molecule has 0 aromatic rings. The van der Waals surface area contributed by atoms with Crippen molar-refractivity contribution in [3.8, 4) is 0 Å². The summed E-state index contributed by atoms with van der Waals surface area (Å²) in [5, 5.41) is 28.2. The number of hydrogen-bond donors (Lipinski definition) is 6. The van der Waals surface area contributed by atoms with E-state index in [1.165, 1.54) is 12.4 Å². The van der Waals surface area contributed by atoms with E-state index in [1.54, 1.807) is 0 Å². The van der Waals surface area contributed by atoms with Gasteiger partial charge in [0, 0.05) is 13.8 Å². The summed E-state index contributed by atoms with van der Waals surface area (Å²) < 4.78 is 0. The fourth-order valence-corrected chi connectivity index (χ4v) is 0.260. The Balaban J connectivity index is -0.000000297. The summed E-state index contributed by atoms with van der Waals surface area (Å²) in [7, 11) is 0. The van der Waals surface area contributed by atoms with Gasteiger partial charge in [-0.05, 0) is 0 Å². The first-order valence-corrected chi connectivity index (χ1v) is 4.71. The third-order valence-electron chi connectivity index (χ3n) is 0.546. The second-order valence-corrected chi connectivity index (χ2v) is 2.62. The summed E-state index contributed by atoms with van der Waals surface area (Å²) in [5.41, 5.74) is 19.8. The third kappa shape index (κ3) is 83.6. The quantitative estimate of drug-likeness (QED) is 0.187. The first kappa shape index (κ1) is 22.0. The van der Waals surface area contributed by atoms with Crippen molar-refractivity contribution in [2.24, 2.45) is 43.3 Å². The van der Waals surface area contributed by atoms with Crippen LogP contribution in [0.15, 0.2) is 20.4 Å². The van der Waals surface area contributed by atoms with Crippen LogP contribution in [0.5, 0.6) is 0 Å². The number of nitrogens with zero attached hydrogens (tertiary/aromatic N) is 4. The van der Waals surface area contributed by atoms with Gasteiger partial charge in [-0.25, -0.2) is 0 Å². The Kier molecular flexibility index (Phi) is 17.4. The number of rotatable bonds is 3. The number of carboxylic acids is 2. The highest BCUT2D eigenvalue weighted by Crippen LogP contribution is 1.67. The Hall–Kier alpha value is -3.18. The largest absolute Gasteiger partial charge is 0.481 e. The van der Waals surface area contributed by atoms with Crippen molar-refractivity contribution in [1.82, 2.24) is 0 Å². The average Bonchev–Trinajstić information content (AvgIpc) is 2.20. The normalized spacial score (nSPS) is 8.70. The number of aliphatic carboxylic acids is 2. The van der Waals surface area contributed by atoms with Crippen molar-refractivity contribution < 1.29 is 19.8 Å². The second-order valence-electron chi connectivity index (χ2n) is 2.62. The molecule has 12 heteroatoms. The van der Waals surface area contributed by atoms with Gasteiger partial charge >= 0.3 is 0 Å². The first-order chi connectivity index (χ1) is 9.09. The standard InChI is InChI=1S/C4H10N8.2C2H4O2/c5-3(6)11-9-1-2-10-12-4(7)8;2*1-2(3)4/h1-2H,(H4,5,6,11)(H4,7,8,12);2*1H3,(H,3,4). The first-order valence-electron chi connectivity index (χ1n) is 4.71. The molecule has 10 N–H and O–H groups in total. The highest BCUT2D eigenvalue weighted by Gasteiger charge is 1.72. The van der Waals surface area contributed by atoms with Crippen LogP contribution < -0.4 is 22.9 Å². The predicted octanol–water partition coefficient (Wildman–Crippen LogP) is -2.31. The third-order valence-corrected chi connectivity index (χ3v) is 0.546. The van der Waals surface area contributed by atoms with E-state index < -0.39 is 11.9 Å². The molecule has 0 aliphatic heterocycles. The SMILES string of the molecule is CC(=O)O.CC(=O)O.NC(N)=NN=CC=NN=C(N)N. The van der Waals surface area contributed by atoms with Gasteiger partial charge < -0.3 is 33.1 Å². The van der Waals surface area contributed by atoms with Crippen molar-refractivity contribution in [2.45, 2.75) is 13.8 Å². The van der Waals surface area contributed by atoms with Crippen LogP contribution >= 0.6 is 0 Å². The molecule has 0 aromatic heterocycles. The van der Waals surface area contributed by atoms with Gasteiger partial charge in [-0.3, -0.25) is 9.59 Å². The predicted molar refractivity (Wildman–Crippen MR) is 75.2 cm³/mol. The highest BCUT2D eigenvalue weighted by atomic mass is 16.4. The van der Waals surface area contributed by atoms with E-state index in [4.69, 9.17) is 42.7 Å². The molecule has 0 aliphatic rings. The van der Waals surface area contributed by atoms with E-state index in [0.29, 0.717) is 0 Å². The molecule has 0 amide bonds. The highest BCUT2D eigenvalue weighted by molar-refractivity contribution is 6.16. The smallest absolute Gasteiger partial charge is 0.300 e. The minimum atomic E-state index is -0.833. The molecular weight excluding hydrogens is 272 g/mol. The van der Waals surface area contributed by atoms with E-state index >= 15 is 0 Å². The Morgan fingerprint density at radius 1 is 0.800 bits per heavy atom. The van der Waals surface area contributed by atoms with Crippen LogP contribution in [-0.2, 0) is 9.59 Å². The molecule has 0 aliphatic carbocycles. The molecule has 0 rings (SSSR count). The minimum Gasteiger partial charge on any atom is -0.481 e. The van der Waals surface area contributed by atoms with Gasteiger partial charge in [-0.2, -0.15) is 10.2 Å². The summed E-state index contributed by atoms with van der Waals surface area (Å²) in [5.74, 6) is -1.94. The molecule has 12 nitrogen and oxygen atoms in total. The topological polar surface area (TPSA) is 228 Å². The molecule has 0 unspecified atom stereocenters. The molecule has 0 atom stereocenters. The van der Waals surface area contributed by atoms with Gasteiger partial charge in [0.25, 0.3) is 11.9 Å². The number of hydrogen-bond acceptors (Lipinski definition) is 6. The van der Waals surface area contributed by atoms with Gasteiger partial charge in [0.05, 0.1) is 12.4 Å². The zero-order valence-corrected chi connectivity index (χ0v) is 11.0. The van der Waals surface area contributed by atoms with Crippen molar-refractivity contribution in [3.63, 3.8) is 0 Å². The van der Waals surface area contributed by atoms with Crippen molar-refractivity contribution >= 4 is 36.3 Å². The molecule has 0 bridgehead atoms. The van der Waals surface area contributed by atoms with E-state index in [1.807, 2.05) is 0 Å². The Morgan fingerprint density at radius 3 is 1.15 bits per heavy atom. The van der Waals surface area contributed by atoms with E-state index in [-0.39, 0.29) is 11.9 Å². The number of guanidine groups is 2. The molecular formula is C8H18N8O4. The Morgan fingerprint density at radius 2 is 1.00 bits per heavy atom. The summed E-state index contributed by atoms with van der Waals surface area (Å²) in [4.78, 5) is 18.0. The molecule has 0 radical (unpaired) electrons. The number of carboxylic acid groups (broad SMARTS) is 2. The Bertz CT molecular complexity index is 347. The van der Waals surface area contributed by atoms with Crippen LogP contribution in [0.3, 0.4) is 0 Å². The van der Waals surface area contributed by atoms with E-state index in [9.17, 15) is 0 Å². The van der Waals surface area contributed by atoms with Gasteiger partial charge in [-0.1, -0.05) is 0 Å². The maximum atomic E-state index is 9.00. The molecule has 0 spiro atoms. The van der Waals surface area contributed by atoms with Crippen LogP contribution in [0.4, 0.5) is 0 Å². The van der Waals surface area contributed by atoms with Crippen LogP contribution in [0.25, 0.3) is 0 Å². The van der Waals surface area contributed by atoms with Crippen molar-refractivity contribution in [3.05, 3.63) is 0 Å². The molecule has 114 valence electrons. The maximum absolute atomic E-state index is 9.00. The van der Waals surface area contributed by atoms with Crippen molar-refractivity contribution in [2.75, 3.05) is 0 Å². The number of nitrogens with two attached hydrogens (primary N) is 4. The van der Waals surface area contributed by atoms with Gasteiger partial charge in [0.15, 0.2) is 0 Å². The number of carbonyl (C=O) groups is 2. The van der Waals surface area contributed by atoms with Crippen LogP contribution in [0, 0.1) is 0 Å². The van der Waals surface area contributed by atoms with Crippen LogP contribution in [-0.4, -0.2) is 46.5 Å². The molecule has 0 heterocycles. The molecule has 0 fully saturated rings. The summed E-state index contributed by atoms with van der Waals surface area (Å²) in [6.07, 6.45) is 2.46. The van der Waals surface area contributed by atoms with Crippen LogP contribution in [0.1, 0.15) is 13.8 Å². The Labute approximate surface area is 114 Å². The fraction of sp³-hybridized carbons (Fsp3) is 0.250. The van der Waals surface area contributed by atoms with Gasteiger partial charge in [0.1, 0.15) is 0 Å². The summed E-state index contributed by atoms with van der Waals surface area (Å²) in [6.45, 7) is 2.17. The van der Waals surface area contributed by atoms with Crippen LogP contribution in [0.2, 0.25) is 0 Å². The van der Waals surface area contributed by atoms with Crippen molar-refractivity contribution in [1.29, 1.82) is 0 Å². The summed E-state index contributed by atoms with van der Waals surface area (Å²) >= 11 is 0. The minimum absolute atomic E-state index is 0.138.